The molecular weight excluding hydrogens is 278 g/mol. The third kappa shape index (κ3) is 6.94. The summed E-state index contributed by atoms with van der Waals surface area (Å²) in [5, 5.41) is 4.72. The van der Waals surface area contributed by atoms with Crippen LogP contribution >= 0.6 is 0 Å². The van der Waals surface area contributed by atoms with Gasteiger partial charge in [-0.15, -0.1) is 0 Å². The average Bonchev–Trinajstić information content (AvgIpc) is 2.33. The Kier molecular flexibility index (Phi) is 6.62. The highest BCUT2D eigenvalue weighted by atomic mass is 16.6. The molecule has 0 bridgehead atoms. The van der Waals surface area contributed by atoms with E-state index in [9.17, 15) is 14.4 Å². The van der Waals surface area contributed by atoms with Crippen LogP contribution < -0.4 is 16.4 Å². The Bertz CT molecular complexity index is 401. The summed E-state index contributed by atoms with van der Waals surface area (Å²) < 4.78 is 9.59. The molecule has 0 saturated heterocycles. The number of carbonyl (C=O) groups excluding carboxylic acids is 3. The Morgan fingerprint density at radius 1 is 1.14 bits per heavy atom. The molecule has 0 radical (unpaired) electrons. The van der Waals surface area contributed by atoms with Crippen molar-refractivity contribution in [3.8, 4) is 0 Å². The smallest absolute Gasteiger partial charge is 0.408 e. The van der Waals surface area contributed by atoms with Crippen molar-refractivity contribution in [2.45, 2.75) is 46.4 Å². The second-order valence-electron chi connectivity index (χ2n) is 6.11. The molecule has 0 saturated carbocycles. The van der Waals surface area contributed by atoms with Gasteiger partial charge < -0.3 is 25.8 Å². The molecule has 4 N–H and O–H groups in total. The van der Waals surface area contributed by atoms with Gasteiger partial charge in [-0.3, -0.25) is 9.59 Å². The van der Waals surface area contributed by atoms with Gasteiger partial charge in [0, 0.05) is 0 Å². The molecule has 1 atom stereocenters. The second-order valence-corrected chi connectivity index (χ2v) is 6.11. The lowest BCUT2D eigenvalue weighted by Crippen LogP contribution is -2.56. The lowest BCUT2D eigenvalue weighted by Gasteiger charge is -2.29. The van der Waals surface area contributed by atoms with E-state index in [4.69, 9.17) is 10.5 Å². The van der Waals surface area contributed by atoms with E-state index in [0.717, 1.165) is 0 Å². The molecule has 1 unspecified atom stereocenters. The van der Waals surface area contributed by atoms with Crippen molar-refractivity contribution in [1.82, 2.24) is 10.6 Å². The summed E-state index contributed by atoms with van der Waals surface area (Å²) in [4.78, 5) is 34.6. The fourth-order valence-electron chi connectivity index (χ4n) is 1.26. The highest BCUT2D eigenvalue weighted by molar-refractivity contribution is 5.83. The molecule has 0 rings (SSSR count). The van der Waals surface area contributed by atoms with Crippen LogP contribution in [0.1, 0.15) is 34.6 Å². The number of alkyl carbamates (subject to hydrolysis) is 1. The number of nitrogens with one attached hydrogen (secondary N) is 2. The maximum absolute atomic E-state index is 11.7. The normalized spacial score (nSPS) is 13.1. The number of hydrogen-bond acceptors (Lipinski definition) is 6. The van der Waals surface area contributed by atoms with Gasteiger partial charge >= 0.3 is 12.1 Å². The van der Waals surface area contributed by atoms with Crippen LogP contribution in [0.25, 0.3) is 0 Å². The molecule has 2 amide bonds. The predicted octanol–water partition coefficient (Wildman–Crippen LogP) is 0.111. The van der Waals surface area contributed by atoms with E-state index in [2.05, 4.69) is 15.4 Å². The van der Waals surface area contributed by atoms with Gasteiger partial charge in [-0.1, -0.05) is 0 Å². The molecular formula is C13H25N3O5. The molecule has 0 aliphatic heterocycles. The van der Waals surface area contributed by atoms with E-state index >= 15 is 0 Å². The Morgan fingerprint density at radius 2 is 1.67 bits per heavy atom. The summed E-state index contributed by atoms with van der Waals surface area (Å²) in [7, 11) is 1.24. The first-order valence-electron chi connectivity index (χ1n) is 6.50. The van der Waals surface area contributed by atoms with E-state index in [1.807, 2.05) is 0 Å². The molecule has 21 heavy (non-hydrogen) atoms. The molecule has 0 heterocycles. The first-order valence-corrected chi connectivity index (χ1v) is 6.50. The van der Waals surface area contributed by atoms with Gasteiger partial charge in [0.1, 0.15) is 12.1 Å². The van der Waals surface area contributed by atoms with Crippen LogP contribution in [0.3, 0.4) is 0 Å². The van der Waals surface area contributed by atoms with E-state index in [1.54, 1.807) is 34.6 Å². The Hall–Kier alpha value is -1.83. The number of methoxy groups -OCH3 is 1. The van der Waals surface area contributed by atoms with Crippen LogP contribution in [0.2, 0.25) is 0 Å². The maximum atomic E-state index is 11.7. The fourth-order valence-corrected chi connectivity index (χ4v) is 1.26. The topological polar surface area (TPSA) is 120 Å². The summed E-state index contributed by atoms with van der Waals surface area (Å²) in [6.07, 6.45) is -1.66. The number of amides is 2. The number of ether oxygens (including phenoxy) is 2. The van der Waals surface area contributed by atoms with E-state index in [0.29, 0.717) is 0 Å². The lowest BCUT2D eigenvalue weighted by atomic mass is 9.90. The van der Waals surface area contributed by atoms with Gasteiger partial charge in [0.25, 0.3) is 0 Å². The summed E-state index contributed by atoms with van der Waals surface area (Å²) >= 11 is 0. The van der Waals surface area contributed by atoms with Crippen LogP contribution in [0.5, 0.6) is 0 Å². The van der Waals surface area contributed by atoms with Gasteiger partial charge in [0.15, 0.2) is 0 Å². The summed E-state index contributed by atoms with van der Waals surface area (Å²) in [6, 6.07) is 0. The number of nitrogens with two attached hydrogens (primary N) is 1. The van der Waals surface area contributed by atoms with Crippen LogP contribution in [0.15, 0.2) is 0 Å². The number of rotatable bonds is 5. The SMILES string of the molecule is COC(=O)C(C)(C)C(N)NC(=O)CNC(=O)OC(C)(C)C. The standard InChI is InChI=1S/C13H25N3O5/c1-12(2,3)21-11(19)15-7-8(17)16-9(14)13(4,5)10(18)20-6/h9H,7,14H2,1-6H3,(H,15,19)(H,16,17). The molecule has 0 aromatic carbocycles. The number of carbonyl (C=O) groups is 3. The van der Waals surface area contributed by atoms with Gasteiger partial charge in [-0.05, 0) is 34.6 Å². The van der Waals surface area contributed by atoms with E-state index in [-0.39, 0.29) is 6.54 Å². The zero-order valence-electron chi connectivity index (χ0n) is 13.4. The number of esters is 1. The second kappa shape index (κ2) is 7.26. The van der Waals surface area contributed by atoms with E-state index < -0.39 is 35.2 Å². The third-order valence-corrected chi connectivity index (χ3v) is 2.60. The average molecular weight is 303 g/mol. The molecule has 122 valence electrons. The largest absolute Gasteiger partial charge is 0.469 e. The maximum Gasteiger partial charge on any atom is 0.408 e. The van der Waals surface area contributed by atoms with Crippen LogP contribution in [-0.2, 0) is 19.1 Å². The lowest BCUT2D eigenvalue weighted by molar-refractivity contribution is -0.152. The van der Waals surface area contributed by atoms with Crippen molar-refractivity contribution in [3.63, 3.8) is 0 Å². The minimum absolute atomic E-state index is 0.306. The van der Waals surface area contributed by atoms with Crippen molar-refractivity contribution in [2.24, 2.45) is 11.1 Å². The monoisotopic (exact) mass is 303 g/mol. The molecule has 0 fully saturated rings. The summed E-state index contributed by atoms with van der Waals surface area (Å²) in [5.74, 6) is -1.08. The molecule has 0 aromatic rings. The Morgan fingerprint density at radius 3 is 2.10 bits per heavy atom. The van der Waals surface area contributed by atoms with Gasteiger partial charge in [-0.2, -0.15) is 0 Å². The van der Waals surface area contributed by atoms with Crippen LogP contribution in [0, 0.1) is 5.41 Å². The van der Waals surface area contributed by atoms with Gasteiger partial charge in [-0.25, -0.2) is 4.79 Å². The Labute approximate surface area is 124 Å². The first-order chi connectivity index (χ1) is 9.40. The van der Waals surface area contributed by atoms with Crippen molar-refractivity contribution in [1.29, 1.82) is 0 Å². The molecule has 0 aliphatic rings. The molecule has 8 nitrogen and oxygen atoms in total. The van der Waals surface area contributed by atoms with E-state index in [1.165, 1.54) is 7.11 Å². The molecule has 0 spiro atoms. The van der Waals surface area contributed by atoms with Gasteiger partial charge in [0.2, 0.25) is 5.91 Å². The van der Waals surface area contributed by atoms with Crippen molar-refractivity contribution < 1.29 is 23.9 Å². The van der Waals surface area contributed by atoms with Gasteiger partial charge in [0.05, 0.1) is 18.7 Å². The highest BCUT2D eigenvalue weighted by Gasteiger charge is 2.36. The van der Waals surface area contributed by atoms with Crippen molar-refractivity contribution in [3.05, 3.63) is 0 Å². The molecule has 0 aliphatic carbocycles. The van der Waals surface area contributed by atoms with Crippen molar-refractivity contribution >= 4 is 18.0 Å². The minimum atomic E-state index is -1.09. The highest BCUT2D eigenvalue weighted by Crippen LogP contribution is 2.19. The molecule has 0 aromatic heterocycles. The summed E-state index contributed by atoms with van der Waals surface area (Å²) in [6.45, 7) is 7.92. The molecule has 8 heteroatoms. The van der Waals surface area contributed by atoms with Crippen molar-refractivity contribution in [2.75, 3.05) is 13.7 Å². The zero-order chi connectivity index (χ0) is 16.8. The Balaban J connectivity index is 4.33. The predicted molar refractivity (Wildman–Crippen MR) is 76.2 cm³/mol. The minimum Gasteiger partial charge on any atom is -0.469 e. The van der Waals surface area contributed by atoms with Crippen LogP contribution in [0.4, 0.5) is 4.79 Å². The first kappa shape index (κ1) is 19.2. The third-order valence-electron chi connectivity index (χ3n) is 2.60. The number of hydrogen-bond donors (Lipinski definition) is 3. The summed E-state index contributed by atoms with van der Waals surface area (Å²) in [5.41, 5.74) is 4.02. The quantitative estimate of drug-likeness (QED) is 0.490. The fraction of sp³-hybridized carbons (Fsp3) is 0.769. The van der Waals surface area contributed by atoms with Crippen LogP contribution in [-0.4, -0.2) is 43.4 Å². The zero-order valence-corrected chi connectivity index (χ0v) is 13.4.